The fourth-order valence-corrected chi connectivity index (χ4v) is 1.59. The molecule has 0 aromatic heterocycles. The molecule has 18 heavy (non-hydrogen) atoms. The molecule has 1 amide bonds. The molecule has 0 unspecified atom stereocenters. The van der Waals surface area contributed by atoms with Crippen LogP contribution in [-0.4, -0.2) is 34.0 Å². The van der Waals surface area contributed by atoms with Crippen LogP contribution in [0, 0.1) is 5.82 Å². The second kappa shape index (κ2) is 6.30. The minimum atomic E-state index is -0.568. The molecule has 1 rings (SSSR count). The van der Waals surface area contributed by atoms with E-state index in [1.807, 2.05) is 0 Å². The Labute approximate surface area is 110 Å². The fraction of sp³-hybridized carbons (Fsp3) is 0.333. The molecule has 0 spiro atoms. The van der Waals surface area contributed by atoms with E-state index in [1.165, 1.54) is 4.90 Å². The predicted molar refractivity (Wildman–Crippen MR) is 71.0 cm³/mol. The highest BCUT2D eigenvalue weighted by atomic mass is 32.1. The first-order chi connectivity index (χ1) is 8.45. The third kappa shape index (κ3) is 3.66. The molecule has 0 bridgehead atoms. The number of carbonyl (C=O) groups is 1. The first-order valence-electron chi connectivity index (χ1n) is 5.51. The smallest absolute Gasteiger partial charge is 0.257 e. The molecule has 6 heteroatoms. The van der Waals surface area contributed by atoms with Crippen molar-refractivity contribution in [1.82, 2.24) is 4.90 Å². The van der Waals surface area contributed by atoms with Crippen LogP contribution in [0.2, 0.25) is 0 Å². The van der Waals surface area contributed by atoms with Gasteiger partial charge >= 0.3 is 0 Å². The highest BCUT2D eigenvalue weighted by molar-refractivity contribution is 7.80. The zero-order chi connectivity index (χ0) is 13.7. The van der Waals surface area contributed by atoms with Gasteiger partial charge in [-0.05, 0) is 25.1 Å². The maximum atomic E-state index is 13.1. The number of nitrogens with zero attached hydrogens (tertiary/aromatic N) is 1. The van der Waals surface area contributed by atoms with Crippen molar-refractivity contribution >= 4 is 23.1 Å². The summed E-state index contributed by atoms with van der Waals surface area (Å²) in [5.74, 6) is -1.25. The number of thiocarbonyl (C=S) groups is 1. The average Bonchev–Trinajstić information content (AvgIpc) is 2.32. The molecule has 4 nitrogen and oxygen atoms in total. The van der Waals surface area contributed by atoms with Crippen LogP contribution in [0.4, 0.5) is 4.39 Å². The summed E-state index contributed by atoms with van der Waals surface area (Å²) in [6.45, 7) is 2.56. The van der Waals surface area contributed by atoms with Crippen LogP contribution in [0.5, 0.6) is 5.75 Å². The molecular weight excluding hydrogens is 255 g/mol. The molecule has 0 aliphatic rings. The van der Waals surface area contributed by atoms with Gasteiger partial charge in [-0.3, -0.25) is 4.79 Å². The number of halogens is 1. The molecular formula is C12H15FN2O2S. The van der Waals surface area contributed by atoms with Gasteiger partial charge in [-0.15, -0.1) is 0 Å². The fourth-order valence-electron chi connectivity index (χ4n) is 1.50. The van der Waals surface area contributed by atoms with Gasteiger partial charge in [-0.1, -0.05) is 12.2 Å². The van der Waals surface area contributed by atoms with Crippen LogP contribution in [0.1, 0.15) is 23.7 Å². The number of benzene rings is 1. The maximum Gasteiger partial charge on any atom is 0.257 e. The summed E-state index contributed by atoms with van der Waals surface area (Å²) in [7, 11) is 0. The summed E-state index contributed by atoms with van der Waals surface area (Å²) in [5, 5.41) is 9.56. The van der Waals surface area contributed by atoms with E-state index in [0.717, 1.165) is 18.2 Å². The summed E-state index contributed by atoms with van der Waals surface area (Å²) < 4.78 is 13.1. The zero-order valence-corrected chi connectivity index (χ0v) is 10.8. The molecule has 0 fully saturated rings. The van der Waals surface area contributed by atoms with Gasteiger partial charge in [0.2, 0.25) is 0 Å². The summed E-state index contributed by atoms with van der Waals surface area (Å²) in [5.41, 5.74) is 5.32. The Morgan fingerprint density at radius 2 is 2.22 bits per heavy atom. The molecule has 3 N–H and O–H groups in total. The number of nitrogens with two attached hydrogens (primary N) is 1. The summed E-state index contributed by atoms with van der Waals surface area (Å²) in [4.78, 5) is 13.8. The van der Waals surface area contributed by atoms with E-state index in [9.17, 15) is 14.3 Å². The molecule has 0 saturated heterocycles. The molecule has 0 aliphatic heterocycles. The number of carbonyl (C=O) groups excluding carboxylic acids is 1. The molecule has 0 aliphatic carbocycles. The van der Waals surface area contributed by atoms with Crippen molar-refractivity contribution in [3.63, 3.8) is 0 Å². The predicted octanol–water partition coefficient (Wildman–Crippen LogP) is 1.67. The average molecular weight is 270 g/mol. The number of phenolic OH excluding ortho intramolecular Hbond substituents is 1. The van der Waals surface area contributed by atoms with Crippen LogP contribution < -0.4 is 5.73 Å². The maximum absolute atomic E-state index is 13.1. The molecule has 0 radical (unpaired) electrons. The van der Waals surface area contributed by atoms with E-state index in [4.69, 9.17) is 18.0 Å². The van der Waals surface area contributed by atoms with Crippen molar-refractivity contribution in [3.05, 3.63) is 29.6 Å². The SMILES string of the molecule is CCN(CCC(N)=S)C(=O)c1cc(F)ccc1O. The number of aromatic hydroxyl groups is 1. The highest BCUT2D eigenvalue weighted by Gasteiger charge is 2.18. The largest absolute Gasteiger partial charge is 0.507 e. The molecule has 1 aromatic carbocycles. The second-order valence-corrected chi connectivity index (χ2v) is 4.29. The van der Waals surface area contributed by atoms with Crippen molar-refractivity contribution in [3.8, 4) is 5.75 Å². The minimum Gasteiger partial charge on any atom is -0.507 e. The number of hydrogen-bond acceptors (Lipinski definition) is 3. The molecule has 0 heterocycles. The normalized spacial score (nSPS) is 10.1. The lowest BCUT2D eigenvalue weighted by atomic mass is 10.1. The number of amides is 1. The second-order valence-electron chi connectivity index (χ2n) is 3.76. The van der Waals surface area contributed by atoms with Gasteiger partial charge in [-0.25, -0.2) is 4.39 Å². The van der Waals surface area contributed by atoms with E-state index in [0.29, 0.717) is 24.5 Å². The monoisotopic (exact) mass is 270 g/mol. The zero-order valence-electron chi connectivity index (χ0n) is 10.0. The molecule has 0 saturated carbocycles. The Kier molecular flexibility index (Phi) is 5.03. The van der Waals surface area contributed by atoms with E-state index >= 15 is 0 Å². The lowest BCUT2D eigenvalue weighted by Crippen LogP contribution is -2.33. The Morgan fingerprint density at radius 3 is 2.78 bits per heavy atom. The Balaban J connectivity index is 2.89. The van der Waals surface area contributed by atoms with Crippen molar-refractivity contribution in [2.45, 2.75) is 13.3 Å². The van der Waals surface area contributed by atoms with Crippen LogP contribution in [0.15, 0.2) is 18.2 Å². The highest BCUT2D eigenvalue weighted by Crippen LogP contribution is 2.19. The topological polar surface area (TPSA) is 66.6 Å². The number of phenols is 1. The van der Waals surface area contributed by atoms with Crippen LogP contribution >= 0.6 is 12.2 Å². The summed E-state index contributed by atoms with van der Waals surface area (Å²) in [6.07, 6.45) is 0.394. The Hall–Kier alpha value is -1.69. The Morgan fingerprint density at radius 1 is 1.56 bits per heavy atom. The van der Waals surface area contributed by atoms with Gasteiger partial charge in [0, 0.05) is 19.5 Å². The van der Waals surface area contributed by atoms with E-state index in [1.54, 1.807) is 6.92 Å². The molecule has 0 atom stereocenters. The standard InChI is InChI=1S/C12H15FN2O2S/c1-2-15(6-5-11(14)18)12(17)9-7-8(13)3-4-10(9)16/h3-4,7,16H,2,5-6H2,1H3,(H2,14,18). The third-order valence-electron chi connectivity index (χ3n) is 2.49. The van der Waals surface area contributed by atoms with E-state index in [-0.39, 0.29) is 11.3 Å². The van der Waals surface area contributed by atoms with Gasteiger partial charge in [0.05, 0.1) is 10.6 Å². The first-order valence-corrected chi connectivity index (χ1v) is 5.92. The van der Waals surface area contributed by atoms with Crippen LogP contribution in [-0.2, 0) is 0 Å². The van der Waals surface area contributed by atoms with Crippen molar-refractivity contribution in [1.29, 1.82) is 0 Å². The Bertz CT molecular complexity index is 465. The third-order valence-corrected chi connectivity index (χ3v) is 2.69. The van der Waals surface area contributed by atoms with Crippen molar-refractivity contribution < 1.29 is 14.3 Å². The van der Waals surface area contributed by atoms with E-state index < -0.39 is 11.7 Å². The quantitative estimate of drug-likeness (QED) is 0.799. The van der Waals surface area contributed by atoms with Gasteiger partial charge in [0.1, 0.15) is 11.6 Å². The number of rotatable bonds is 5. The van der Waals surface area contributed by atoms with Gasteiger partial charge in [0.15, 0.2) is 0 Å². The van der Waals surface area contributed by atoms with E-state index in [2.05, 4.69) is 0 Å². The number of hydrogen-bond donors (Lipinski definition) is 2. The lowest BCUT2D eigenvalue weighted by Gasteiger charge is -2.21. The van der Waals surface area contributed by atoms with Gasteiger partial charge < -0.3 is 15.7 Å². The summed E-state index contributed by atoms with van der Waals surface area (Å²) >= 11 is 4.74. The molecule has 98 valence electrons. The van der Waals surface area contributed by atoms with Gasteiger partial charge in [0.25, 0.3) is 5.91 Å². The molecule has 1 aromatic rings. The minimum absolute atomic E-state index is 0.0558. The van der Waals surface area contributed by atoms with Crippen molar-refractivity contribution in [2.24, 2.45) is 5.73 Å². The summed E-state index contributed by atoms with van der Waals surface area (Å²) in [6, 6.07) is 3.27. The lowest BCUT2D eigenvalue weighted by molar-refractivity contribution is 0.0765. The van der Waals surface area contributed by atoms with Gasteiger partial charge in [-0.2, -0.15) is 0 Å². The first kappa shape index (κ1) is 14.4. The van der Waals surface area contributed by atoms with Crippen LogP contribution in [0.3, 0.4) is 0 Å². The van der Waals surface area contributed by atoms with Crippen molar-refractivity contribution in [2.75, 3.05) is 13.1 Å². The van der Waals surface area contributed by atoms with Crippen LogP contribution in [0.25, 0.3) is 0 Å².